The second kappa shape index (κ2) is 6.70. The highest BCUT2D eigenvalue weighted by atomic mass is 31.2. The van der Waals surface area contributed by atoms with Gasteiger partial charge in [-0.2, -0.15) is 0 Å². The molecule has 25 heavy (non-hydrogen) atoms. The Morgan fingerprint density at radius 1 is 0.680 bits per heavy atom. The van der Waals surface area contributed by atoms with E-state index >= 15 is 0 Å². The maximum absolute atomic E-state index is 12.8. The van der Waals surface area contributed by atoms with E-state index in [1.165, 1.54) is 0 Å². The van der Waals surface area contributed by atoms with E-state index in [4.69, 9.17) is 0 Å². The first-order valence-corrected chi connectivity index (χ1v) is 9.71. The van der Waals surface area contributed by atoms with E-state index in [2.05, 4.69) is 0 Å². The molecule has 4 nitrogen and oxygen atoms in total. The van der Waals surface area contributed by atoms with Gasteiger partial charge in [0.2, 0.25) is 0 Å². The van der Waals surface area contributed by atoms with Crippen molar-refractivity contribution < 1.29 is 19.0 Å². The summed E-state index contributed by atoms with van der Waals surface area (Å²) in [5.41, 5.74) is 2.64. The SMILES string of the molecule is Cc1cc(C)c(C(=O)P(=O)(O)C(=O)c2c(C)cc(C)cc2C)c(C)c1. The van der Waals surface area contributed by atoms with Crippen LogP contribution in [0.2, 0.25) is 0 Å². The third kappa shape index (κ3) is 3.51. The van der Waals surface area contributed by atoms with Crippen molar-refractivity contribution in [1.82, 2.24) is 0 Å². The monoisotopic (exact) mass is 358 g/mol. The molecule has 2 rings (SSSR count). The number of rotatable bonds is 4. The Labute approximate surface area is 148 Å². The first kappa shape index (κ1) is 19.3. The van der Waals surface area contributed by atoms with E-state index in [1.54, 1.807) is 52.0 Å². The van der Waals surface area contributed by atoms with Crippen molar-refractivity contribution in [3.05, 3.63) is 68.8 Å². The van der Waals surface area contributed by atoms with Crippen LogP contribution in [0.3, 0.4) is 0 Å². The van der Waals surface area contributed by atoms with E-state index in [0.29, 0.717) is 22.3 Å². The molecule has 5 heteroatoms. The summed E-state index contributed by atoms with van der Waals surface area (Å²) in [5, 5.41) is 0. The normalized spacial score (nSPS) is 11.5. The van der Waals surface area contributed by atoms with Gasteiger partial charge < -0.3 is 4.89 Å². The van der Waals surface area contributed by atoms with Gasteiger partial charge in [-0.15, -0.1) is 0 Å². The molecule has 132 valence electrons. The molecule has 0 amide bonds. The fraction of sp³-hybridized carbons (Fsp3) is 0.300. The van der Waals surface area contributed by atoms with E-state index in [0.717, 1.165) is 11.1 Å². The molecule has 0 atom stereocenters. The Bertz CT molecular complexity index is 821. The zero-order chi connectivity index (χ0) is 19.1. The number of hydrogen-bond acceptors (Lipinski definition) is 3. The standard InChI is InChI=1S/C20H23O4P/c1-11-7-13(3)17(14(4)8-11)19(21)25(23,24)20(22)18-15(5)9-12(2)10-16(18)6/h7-10H,1-6H3,(H,23,24). The number of aryl methyl sites for hydroxylation is 6. The molecule has 0 heterocycles. The quantitative estimate of drug-likeness (QED) is 0.798. The largest absolute Gasteiger partial charge is 0.337 e. The van der Waals surface area contributed by atoms with Crippen LogP contribution in [0, 0.1) is 41.5 Å². The Morgan fingerprint density at radius 2 is 0.920 bits per heavy atom. The number of carbonyl (C=O) groups excluding carboxylic acids is 2. The molecule has 1 N–H and O–H groups in total. The Hall–Kier alpha value is -2.03. The van der Waals surface area contributed by atoms with E-state index < -0.39 is 18.4 Å². The first-order valence-electron chi connectivity index (χ1n) is 8.05. The molecule has 2 aromatic rings. The van der Waals surface area contributed by atoms with E-state index in [9.17, 15) is 19.0 Å². The van der Waals surface area contributed by atoms with Gasteiger partial charge in [0.15, 0.2) is 0 Å². The van der Waals surface area contributed by atoms with Gasteiger partial charge in [0.05, 0.1) is 0 Å². The zero-order valence-corrected chi connectivity index (χ0v) is 16.3. The lowest BCUT2D eigenvalue weighted by atomic mass is 10.0. The molecular weight excluding hydrogens is 335 g/mol. The van der Waals surface area contributed by atoms with Gasteiger partial charge in [0, 0.05) is 11.1 Å². The molecule has 0 aliphatic rings. The summed E-state index contributed by atoms with van der Waals surface area (Å²) < 4.78 is 12.8. The molecule has 2 aromatic carbocycles. The van der Waals surface area contributed by atoms with E-state index in [1.807, 2.05) is 13.8 Å². The van der Waals surface area contributed by atoms with Gasteiger partial charge in [-0.1, -0.05) is 35.4 Å². The summed E-state index contributed by atoms with van der Waals surface area (Å²) in [6.45, 7) is 10.6. The molecule has 0 radical (unpaired) electrons. The lowest BCUT2D eigenvalue weighted by Gasteiger charge is -2.16. The second-order valence-corrected chi connectivity index (χ2v) is 8.70. The van der Waals surface area contributed by atoms with Gasteiger partial charge >= 0.3 is 7.37 Å². The van der Waals surface area contributed by atoms with Crippen LogP contribution in [0.15, 0.2) is 24.3 Å². The van der Waals surface area contributed by atoms with Crippen molar-refractivity contribution in [2.24, 2.45) is 0 Å². The molecule has 0 spiro atoms. The van der Waals surface area contributed by atoms with Crippen molar-refractivity contribution in [2.45, 2.75) is 41.5 Å². The molecule has 0 aliphatic carbocycles. The maximum atomic E-state index is 12.8. The number of hydrogen-bond donors (Lipinski definition) is 1. The minimum Gasteiger partial charge on any atom is -0.333 e. The molecule has 0 fully saturated rings. The Morgan fingerprint density at radius 3 is 1.16 bits per heavy atom. The minimum atomic E-state index is -4.73. The molecule has 0 bridgehead atoms. The summed E-state index contributed by atoms with van der Waals surface area (Å²) in [6.07, 6.45) is 0. The number of carbonyl (C=O) groups is 2. The summed E-state index contributed by atoms with van der Waals surface area (Å²) in [5.74, 6) is 0. The molecule has 0 unspecified atom stereocenters. The van der Waals surface area contributed by atoms with Crippen molar-refractivity contribution >= 4 is 18.4 Å². The molecule has 0 saturated heterocycles. The fourth-order valence-electron chi connectivity index (χ4n) is 3.43. The molecule has 0 aliphatic heterocycles. The van der Waals surface area contributed by atoms with Gasteiger partial charge in [0.1, 0.15) is 0 Å². The highest BCUT2D eigenvalue weighted by Gasteiger charge is 2.41. The van der Waals surface area contributed by atoms with Crippen LogP contribution in [0.25, 0.3) is 0 Å². The van der Waals surface area contributed by atoms with Crippen molar-refractivity contribution in [3.8, 4) is 0 Å². The van der Waals surface area contributed by atoms with Crippen LogP contribution in [-0.2, 0) is 4.57 Å². The lowest BCUT2D eigenvalue weighted by molar-refractivity contribution is 0.101. The van der Waals surface area contributed by atoms with Crippen LogP contribution in [0.1, 0.15) is 54.1 Å². The molecule has 0 aromatic heterocycles. The Kier molecular flexibility index (Phi) is 5.17. The highest BCUT2D eigenvalue weighted by Crippen LogP contribution is 2.49. The van der Waals surface area contributed by atoms with E-state index in [-0.39, 0.29) is 11.1 Å². The average molecular weight is 358 g/mol. The third-order valence-corrected chi connectivity index (χ3v) is 5.88. The van der Waals surface area contributed by atoms with Gasteiger partial charge in [-0.3, -0.25) is 14.2 Å². The highest BCUT2D eigenvalue weighted by molar-refractivity contribution is 7.91. The maximum Gasteiger partial charge on any atom is 0.337 e. The van der Waals surface area contributed by atoms with Crippen LogP contribution in [-0.4, -0.2) is 15.9 Å². The molecular formula is C20H23O4P. The zero-order valence-electron chi connectivity index (χ0n) is 15.4. The summed E-state index contributed by atoms with van der Waals surface area (Å²) in [4.78, 5) is 36.0. The predicted octanol–water partition coefficient (Wildman–Crippen LogP) is 4.79. The summed E-state index contributed by atoms with van der Waals surface area (Å²) in [6, 6.07) is 7.08. The van der Waals surface area contributed by atoms with Crippen LogP contribution >= 0.6 is 7.37 Å². The Balaban J connectivity index is 2.58. The van der Waals surface area contributed by atoms with Crippen LogP contribution in [0.4, 0.5) is 0 Å². The summed E-state index contributed by atoms with van der Waals surface area (Å²) >= 11 is 0. The van der Waals surface area contributed by atoms with Crippen LogP contribution < -0.4 is 0 Å². The topological polar surface area (TPSA) is 71.4 Å². The third-order valence-electron chi connectivity index (χ3n) is 4.33. The smallest absolute Gasteiger partial charge is 0.333 e. The van der Waals surface area contributed by atoms with Gasteiger partial charge in [-0.25, -0.2) is 0 Å². The van der Waals surface area contributed by atoms with Crippen molar-refractivity contribution in [3.63, 3.8) is 0 Å². The summed E-state index contributed by atoms with van der Waals surface area (Å²) in [7, 11) is -4.73. The average Bonchev–Trinajstić information content (AvgIpc) is 2.44. The predicted molar refractivity (Wildman–Crippen MR) is 99.8 cm³/mol. The van der Waals surface area contributed by atoms with Gasteiger partial charge in [0.25, 0.3) is 11.0 Å². The van der Waals surface area contributed by atoms with Crippen molar-refractivity contribution in [2.75, 3.05) is 0 Å². The first-order chi connectivity index (χ1) is 11.5. The minimum absolute atomic E-state index is 0.159. The van der Waals surface area contributed by atoms with Crippen LogP contribution in [0.5, 0.6) is 0 Å². The van der Waals surface area contributed by atoms with Crippen molar-refractivity contribution in [1.29, 1.82) is 0 Å². The lowest BCUT2D eigenvalue weighted by Crippen LogP contribution is -2.15. The number of benzene rings is 2. The second-order valence-electron chi connectivity index (χ2n) is 6.73. The molecule has 0 saturated carbocycles. The fourth-order valence-corrected chi connectivity index (χ4v) is 4.93. The van der Waals surface area contributed by atoms with Gasteiger partial charge in [-0.05, 0) is 63.8 Å².